The topological polar surface area (TPSA) is 124 Å². The van der Waals surface area contributed by atoms with E-state index in [9.17, 15) is 14.3 Å². The fraction of sp³-hybridized carbons (Fsp3) is 0.257. The van der Waals surface area contributed by atoms with E-state index < -0.39 is 5.97 Å². The number of aromatic nitrogens is 5. The van der Waals surface area contributed by atoms with Gasteiger partial charge in [0.2, 0.25) is 0 Å². The molecule has 3 aromatic carbocycles. The highest BCUT2D eigenvalue weighted by Gasteiger charge is 2.27. The van der Waals surface area contributed by atoms with Crippen LogP contribution in [0.2, 0.25) is 0 Å². The molecular formula is C35H34FN7O2. The second-order valence-electron chi connectivity index (χ2n) is 11.7. The van der Waals surface area contributed by atoms with Gasteiger partial charge in [0.25, 0.3) is 0 Å². The molecule has 3 heterocycles. The molecule has 0 bridgehead atoms. The SMILES string of the molecule is CCc1cc(NC2CCC(n3nc(-c4ccc5c(ccn5Cc5ccccc5F)c4)c4c(N)ncnc43)CC2)ccc1C(=O)O. The van der Waals surface area contributed by atoms with Gasteiger partial charge in [-0.15, -0.1) is 0 Å². The van der Waals surface area contributed by atoms with Gasteiger partial charge in [0.05, 0.1) is 23.5 Å². The average molecular weight is 604 g/mol. The number of halogens is 1. The van der Waals surface area contributed by atoms with E-state index in [1.807, 2.05) is 58.8 Å². The smallest absolute Gasteiger partial charge is 0.335 e. The molecule has 7 rings (SSSR count). The van der Waals surface area contributed by atoms with Crippen LogP contribution in [0.3, 0.4) is 0 Å². The summed E-state index contributed by atoms with van der Waals surface area (Å²) in [6, 6.07) is 21.0. The van der Waals surface area contributed by atoms with Gasteiger partial charge in [0, 0.05) is 40.0 Å². The van der Waals surface area contributed by atoms with Crippen molar-refractivity contribution >= 4 is 39.4 Å². The number of nitrogens with one attached hydrogen (secondary N) is 1. The van der Waals surface area contributed by atoms with Crippen LogP contribution in [-0.2, 0) is 13.0 Å². The summed E-state index contributed by atoms with van der Waals surface area (Å²) >= 11 is 0. The number of nitrogen functional groups attached to an aromatic ring is 1. The summed E-state index contributed by atoms with van der Waals surface area (Å²) in [6.07, 6.45) is 7.82. The molecule has 1 aliphatic rings. The number of nitrogens with two attached hydrogens (primary N) is 1. The molecule has 3 aromatic heterocycles. The summed E-state index contributed by atoms with van der Waals surface area (Å²) in [5, 5.41) is 19.9. The molecule has 0 atom stereocenters. The van der Waals surface area contributed by atoms with Crippen molar-refractivity contribution < 1.29 is 14.3 Å². The van der Waals surface area contributed by atoms with Crippen molar-refractivity contribution in [1.29, 1.82) is 0 Å². The normalized spacial score (nSPS) is 16.8. The highest BCUT2D eigenvalue weighted by atomic mass is 19.1. The minimum absolute atomic E-state index is 0.153. The van der Waals surface area contributed by atoms with Crippen molar-refractivity contribution in [2.45, 2.75) is 57.7 Å². The van der Waals surface area contributed by atoms with Crippen molar-refractivity contribution in [3.63, 3.8) is 0 Å². The number of fused-ring (bicyclic) bond motifs is 2. The maximum atomic E-state index is 14.3. The third-order valence-corrected chi connectivity index (χ3v) is 8.99. The molecular weight excluding hydrogens is 569 g/mol. The number of anilines is 2. The van der Waals surface area contributed by atoms with Crippen molar-refractivity contribution in [2.24, 2.45) is 0 Å². The van der Waals surface area contributed by atoms with Crippen LogP contribution in [0.4, 0.5) is 15.9 Å². The van der Waals surface area contributed by atoms with Gasteiger partial charge in [0.15, 0.2) is 5.65 Å². The van der Waals surface area contributed by atoms with Gasteiger partial charge >= 0.3 is 5.97 Å². The molecule has 45 heavy (non-hydrogen) atoms. The van der Waals surface area contributed by atoms with Gasteiger partial charge in [-0.05, 0) is 80.1 Å². The predicted molar refractivity (Wildman–Crippen MR) is 174 cm³/mol. The Morgan fingerprint density at radius 2 is 1.84 bits per heavy atom. The summed E-state index contributed by atoms with van der Waals surface area (Å²) in [5.41, 5.74) is 12.6. The number of aromatic carboxylic acids is 1. The van der Waals surface area contributed by atoms with E-state index in [1.165, 1.54) is 12.4 Å². The Balaban J connectivity index is 1.13. The van der Waals surface area contributed by atoms with Gasteiger partial charge in [0.1, 0.15) is 23.7 Å². The molecule has 228 valence electrons. The number of carbonyl (C=O) groups is 1. The van der Waals surface area contributed by atoms with Crippen molar-refractivity contribution in [2.75, 3.05) is 11.1 Å². The van der Waals surface area contributed by atoms with Gasteiger partial charge in [-0.1, -0.05) is 31.2 Å². The summed E-state index contributed by atoms with van der Waals surface area (Å²) in [4.78, 5) is 20.4. The molecule has 0 radical (unpaired) electrons. The van der Waals surface area contributed by atoms with Gasteiger partial charge < -0.3 is 20.7 Å². The predicted octanol–water partition coefficient (Wildman–Crippen LogP) is 7.07. The van der Waals surface area contributed by atoms with Crippen LogP contribution in [0.15, 0.2) is 79.3 Å². The highest BCUT2D eigenvalue weighted by Crippen LogP contribution is 2.37. The summed E-state index contributed by atoms with van der Waals surface area (Å²) in [6.45, 7) is 2.41. The number of aryl methyl sites for hydroxylation is 1. The highest BCUT2D eigenvalue weighted by molar-refractivity contribution is 6.00. The van der Waals surface area contributed by atoms with Gasteiger partial charge in [-0.2, -0.15) is 5.10 Å². The Morgan fingerprint density at radius 3 is 2.62 bits per heavy atom. The van der Waals surface area contributed by atoms with E-state index in [1.54, 1.807) is 18.2 Å². The molecule has 0 aliphatic heterocycles. The number of benzene rings is 3. The van der Waals surface area contributed by atoms with Crippen LogP contribution in [0.1, 0.15) is 60.1 Å². The zero-order valence-electron chi connectivity index (χ0n) is 24.9. The van der Waals surface area contributed by atoms with Crippen LogP contribution in [-0.4, -0.2) is 41.4 Å². The maximum Gasteiger partial charge on any atom is 0.335 e. The van der Waals surface area contributed by atoms with Crippen LogP contribution >= 0.6 is 0 Å². The number of hydrogen-bond acceptors (Lipinski definition) is 6. The van der Waals surface area contributed by atoms with E-state index in [0.717, 1.165) is 70.1 Å². The zero-order valence-corrected chi connectivity index (χ0v) is 24.9. The fourth-order valence-electron chi connectivity index (χ4n) is 6.63. The number of rotatable bonds is 8. The third kappa shape index (κ3) is 5.37. The molecule has 6 aromatic rings. The van der Waals surface area contributed by atoms with Crippen LogP contribution in [0, 0.1) is 5.82 Å². The summed E-state index contributed by atoms with van der Waals surface area (Å²) < 4.78 is 18.4. The Hall–Kier alpha value is -5.25. The van der Waals surface area contributed by atoms with E-state index in [2.05, 4.69) is 21.4 Å². The first-order valence-electron chi connectivity index (χ1n) is 15.3. The van der Waals surface area contributed by atoms with E-state index in [-0.39, 0.29) is 17.9 Å². The Kier molecular flexibility index (Phi) is 7.40. The molecule has 9 nitrogen and oxygen atoms in total. The van der Waals surface area contributed by atoms with E-state index in [0.29, 0.717) is 29.9 Å². The molecule has 1 aliphatic carbocycles. The standard InChI is InChI=1S/C35H34FN7O2/c1-2-21-18-26(10-13-28(21)35(44)45)40-25-8-11-27(12-9-25)43-34-31(33(37)38-20-39-34)32(41-43)23-7-14-30-22(17-23)15-16-42(30)19-24-5-3-4-6-29(24)36/h3-7,10,13-18,20,25,27,40H,2,8-9,11-12,19H2,1H3,(H,44,45)(H2,37,38,39). The largest absolute Gasteiger partial charge is 0.478 e. The minimum Gasteiger partial charge on any atom is -0.478 e. The second kappa shape index (κ2) is 11.7. The zero-order chi connectivity index (χ0) is 31.1. The van der Waals surface area contributed by atoms with Gasteiger partial charge in [-0.3, -0.25) is 0 Å². The second-order valence-corrected chi connectivity index (χ2v) is 11.7. The summed E-state index contributed by atoms with van der Waals surface area (Å²) in [5.74, 6) is -0.717. The Labute approximate surface area is 259 Å². The summed E-state index contributed by atoms with van der Waals surface area (Å²) in [7, 11) is 0. The van der Waals surface area contributed by atoms with Crippen molar-refractivity contribution in [1.82, 2.24) is 24.3 Å². The first-order chi connectivity index (χ1) is 21.9. The number of carboxylic acid groups (broad SMARTS) is 1. The molecule has 4 N–H and O–H groups in total. The quantitative estimate of drug-likeness (QED) is 0.170. The van der Waals surface area contributed by atoms with Crippen molar-refractivity contribution in [3.8, 4) is 11.3 Å². The van der Waals surface area contributed by atoms with E-state index in [4.69, 9.17) is 10.8 Å². The molecule has 1 saturated carbocycles. The van der Waals surface area contributed by atoms with Crippen LogP contribution in [0.5, 0.6) is 0 Å². The minimum atomic E-state index is -0.896. The molecule has 10 heteroatoms. The lowest BCUT2D eigenvalue weighted by atomic mass is 9.91. The monoisotopic (exact) mass is 603 g/mol. The van der Waals surface area contributed by atoms with E-state index >= 15 is 0 Å². The molecule has 0 unspecified atom stereocenters. The lowest BCUT2D eigenvalue weighted by Gasteiger charge is -2.30. The number of nitrogens with zero attached hydrogens (tertiary/aromatic N) is 5. The molecule has 0 saturated heterocycles. The van der Waals surface area contributed by atoms with Crippen molar-refractivity contribution in [3.05, 3.63) is 102 Å². The third-order valence-electron chi connectivity index (χ3n) is 8.99. The lowest BCUT2D eigenvalue weighted by molar-refractivity contribution is 0.0695. The number of carboxylic acids is 1. The molecule has 1 fully saturated rings. The number of hydrogen-bond donors (Lipinski definition) is 3. The van der Waals surface area contributed by atoms with Gasteiger partial charge in [-0.25, -0.2) is 23.8 Å². The maximum absolute atomic E-state index is 14.3. The molecule has 0 spiro atoms. The lowest BCUT2D eigenvalue weighted by Crippen LogP contribution is -2.28. The first kappa shape index (κ1) is 28.5. The van der Waals surface area contributed by atoms with Crippen LogP contribution in [0.25, 0.3) is 33.2 Å². The van der Waals surface area contributed by atoms with Crippen LogP contribution < -0.4 is 11.1 Å². The molecule has 0 amide bonds. The fourth-order valence-corrected chi connectivity index (χ4v) is 6.63. The first-order valence-corrected chi connectivity index (χ1v) is 15.3. The Morgan fingerprint density at radius 1 is 1.02 bits per heavy atom. The Bertz CT molecular complexity index is 2040. The average Bonchev–Trinajstić information content (AvgIpc) is 3.64.